The van der Waals surface area contributed by atoms with Gasteiger partial charge in [0.25, 0.3) is 0 Å². The van der Waals surface area contributed by atoms with Crippen molar-refractivity contribution in [3.63, 3.8) is 0 Å². The zero-order valence-corrected chi connectivity index (χ0v) is 8.96. The summed E-state index contributed by atoms with van der Waals surface area (Å²) in [7, 11) is 0. The van der Waals surface area contributed by atoms with Gasteiger partial charge in [0, 0.05) is 12.0 Å². The maximum atomic E-state index is 13.5. The normalized spacial score (nSPS) is 22.1. The Morgan fingerprint density at radius 2 is 2.18 bits per heavy atom. The van der Waals surface area contributed by atoms with Gasteiger partial charge in [-0.3, -0.25) is 0 Å². The minimum atomic E-state index is -1.58. The van der Waals surface area contributed by atoms with E-state index in [1.807, 2.05) is 0 Å². The number of carboxylic acid groups (broad SMARTS) is 1. The molecule has 2 rings (SSSR count). The Morgan fingerprint density at radius 3 is 2.71 bits per heavy atom. The fourth-order valence-corrected chi connectivity index (χ4v) is 1.90. The van der Waals surface area contributed by atoms with E-state index < -0.39 is 34.7 Å². The van der Waals surface area contributed by atoms with Crippen LogP contribution in [0.25, 0.3) is 0 Å². The molecule has 0 spiro atoms. The lowest BCUT2D eigenvalue weighted by atomic mass is 9.94. The zero-order valence-electron chi connectivity index (χ0n) is 8.96. The summed E-state index contributed by atoms with van der Waals surface area (Å²) in [6, 6.07) is 0.994. The van der Waals surface area contributed by atoms with Gasteiger partial charge in [0.2, 0.25) is 17.2 Å². The van der Waals surface area contributed by atoms with E-state index >= 15 is 0 Å². The Kier molecular flexibility index (Phi) is 2.45. The first kappa shape index (κ1) is 11.6. The van der Waals surface area contributed by atoms with E-state index in [1.165, 1.54) is 0 Å². The van der Waals surface area contributed by atoms with E-state index in [2.05, 4.69) is 0 Å². The minimum absolute atomic E-state index is 0.0983. The Labute approximate surface area is 95.4 Å². The maximum Gasteiger partial charge on any atom is 0.348 e. The molecule has 0 saturated carbocycles. The molecule has 17 heavy (non-hydrogen) atoms. The second kappa shape index (κ2) is 3.58. The molecule has 0 saturated heterocycles. The van der Waals surface area contributed by atoms with Crippen molar-refractivity contribution in [2.24, 2.45) is 0 Å². The van der Waals surface area contributed by atoms with E-state index in [4.69, 9.17) is 14.9 Å². The molecule has 0 fully saturated rings. The number of fused-ring (bicyclic) bond motifs is 1. The van der Waals surface area contributed by atoms with Crippen molar-refractivity contribution in [3.8, 4) is 11.5 Å². The van der Waals surface area contributed by atoms with Crippen molar-refractivity contribution in [1.82, 2.24) is 0 Å². The molecule has 0 bridgehead atoms. The molecule has 0 aliphatic carbocycles. The van der Waals surface area contributed by atoms with E-state index in [0.29, 0.717) is 0 Å². The quantitative estimate of drug-likeness (QED) is 0.833. The van der Waals surface area contributed by atoms with Crippen molar-refractivity contribution in [2.45, 2.75) is 25.4 Å². The third kappa shape index (κ3) is 1.51. The number of phenolic OH excluding ortho intramolecular Hbond substituents is 1. The fourth-order valence-electron chi connectivity index (χ4n) is 1.90. The molecular formula is C11H10F2O4. The smallest absolute Gasteiger partial charge is 0.348 e. The van der Waals surface area contributed by atoms with E-state index in [9.17, 15) is 13.6 Å². The van der Waals surface area contributed by atoms with E-state index in [0.717, 1.165) is 6.07 Å². The molecule has 6 heteroatoms. The highest BCUT2D eigenvalue weighted by Crippen LogP contribution is 2.42. The van der Waals surface area contributed by atoms with Crippen LogP contribution >= 0.6 is 0 Å². The number of phenols is 1. The van der Waals surface area contributed by atoms with Crippen LogP contribution in [0, 0.1) is 11.6 Å². The van der Waals surface area contributed by atoms with Gasteiger partial charge in [-0.2, -0.15) is 8.78 Å². The highest BCUT2D eigenvalue weighted by Gasteiger charge is 2.47. The van der Waals surface area contributed by atoms with Gasteiger partial charge in [0.05, 0.1) is 0 Å². The molecule has 1 aromatic carbocycles. The van der Waals surface area contributed by atoms with Crippen LogP contribution in [0.3, 0.4) is 0 Å². The van der Waals surface area contributed by atoms with E-state index in [1.54, 1.807) is 6.92 Å². The number of rotatable bonds is 2. The second-order valence-corrected chi connectivity index (χ2v) is 3.94. The largest absolute Gasteiger partial charge is 0.505 e. The first-order valence-electron chi connectivity index (χ1n) is 5.03. The summed E-state index contributed by atoms with van der Waals surface area (Å²) < 4.78 is 31.6. The molecular weight excluding hydrogens is 234 g/mol. The molecule has 92 valence electrons. The van der Waals surface area contributed by atoms with Crippen LogP contribution in [-0.2, 0) is 11.2 Å². The Balaban J connectivity index is 2.53. The molecule has 1 unspecified atom stereocenters. The van der Waals surface area contributed by atoms with Crippen molar-refractivity contribution in [3.05, 3.63) is 23.3 Å². The minimum Gasteiger partial charge on any atom is -0.505 e. The second-order valence-electron chi connectivity index (χ2n) is 3.94. The van der Waals surface area contributed by atoms with Gasteiger partial charge >= 0.3 is 5.97 Å². The van der Waals surface area contributed by atoms with Gasteiger partial charge in [-0.05, 0) is 12.5 Å². The van der Waals surface area contributed by atoms with Gasteiger partial charge in [-0.1, -0.05) is 6.92 Å². The van der Waals surface area contributed by atoms with Gasteiger partial charge < -0.3 is 14.9 Å². The average molecular weight is 244 g/mol. The lowest BCUT2D eigenvalue weighted by Crippen LogP contribution is -2.42. The van der Waals surface area contributed by atoms with Gasteiger partial charge in [0.15, 0.2) is 11.5 Å². The van der Waals surface area contributed by atoms with Crippen LogP contribution in [0.15, 0.2) is 6.07 Å². The summed E-state index contributed by atoms with van der Waals surface area (Å²) in [6.07, 6.45) is 0.0117. The number of halogens is 2. The predicted molar refractivity (Wildman–Crippen MR) is 53.0 cm³/mol. The lowest BCUT2D eigenvalue weighted by Gasteiger charge is -2.21. The third-order valence-electron chi connectivity index (χ3n) is 2.95. The standard InChI is InChI=1S/C11H10F2O4/c1-2-11(10(15)16)4-5-3-6(14)7(12)8(13)9(5)17-11/h3,14H,2,4H2,1H3,(H,15,16). The maximum absolute atomic E-state index is 13.5. The van der Waals surface area contributed by atoms with Crippen LogP contribution in [0.5, 0.6) is 11.5 Å². The topological polar surface area (TPSA) is 66.8 Å². The highest BCUT2D eigenvalue weighted by molar-refractivity contribution is 5.80. The van der Waals surface area contributed by atoms with Crippen molar-refractivity contribution in [2.75, 3.05) is 0 Å². The predicted octanol–water partition coefficient (Wildman–Crippen LogP) is 1.84. The lowest BCUT2D eigenvalue weighted by molar-refractivity contribution is -0.154. The average Bonchev–Trinajstić information content (AvgIpc) is 2.66. The number of ether oxygens (including phenoxy) is 1. The summed E-state index contributed by atoms with van der Waals surface area (Å²) in [6.45, 7) is 1.58. The van der Waals surface area contributed by atoms with Crippen LogP contribution < -0.4 is 4.74 Å². The summed E-state index contributed by atoms with van der Waals surface area (Å²) in [5.74, 6) is -5.29. The Morgan fingerprint density at radius 1 is 1.53 bits per heavy atom. The Hall–Kier alpha value is -1.85. The zero-order chi connectivity index (χ0) is 12.8. The first-order chi connectivity index (χ1) is 7.91. The molecule has 1 heterocycles. The molecule has 1 aromatic rings. The molecule has 1 aliphatic rings. The molecule has 0 aromatic heterocycles. The summed E-state index contributed by atoms with van der Waals surface area (Å²) in [5.41, 5.74) is -1.42. The molecule has 1 atom stereocenters. The number of carbonyl (C=O) groups is 1. The monoisotopic (exact) mass is 244 g/mol. The van der Waals surface area contributed by atoms with Crippen LogP contribution in [-0.4, -0.2) is 21.8 Å². The molecule has 2 N–H and O–H groups in total. The van der Waals surface area contributed by atoms with Crippen LogP contribution in [0.4, 0.5) is 8.78 Å². The molecule has 0 amide bonds. The van der Waals surface area contributed by atoms with Gasteiger partial charge in [-0.15, -0.1) is 0 Å². The number of aliphatic carboxylic acids is 1. The molecule has 1 aliphatic heterocycles. The number of hydrogen-bond acceptors (Lipinski definition) is 3. The number of hydrogen-bond donors (Lipinski definition) is 2. The number of aromatic hydroxyl groups is 1. The summed E-state index contributed by atoms with van der Waals surface area (Å²) >= 11 is 0. The highest BCUT2D eigenvalue weighted by atomic mass is 19.2. The van der Waals surface area contributed by atoms with Gasteiger partial charge in [0.1, 0.15) is 0 Å². The van der Waals surface area contributed by atoms with Crippen LogP contribution in [0.2, 0.25) is 0 Å². The van der Waals surface area contributed by atoms with E-state index in [-0.39, 0.29) is 18.4 Å². The van der Waals surface area contributed by atoms with Crippen molar-refractivity contribution >= 4 is 5.97 Å². The number of benzene rings is 1. The fraction of sp³-hybridized carbons (Fsp3) is 0.364. The Bertz CT molecular complexity index is 501. The van der Waals surface area contributed by atoms with Gasteiger partial charge in [-0.25, -0.2) is 4.79 Å². The van der Waals surface area contributed by atoms with Crippen molar-refractivity contribution < 1.29 is 28.5 Å². The molecule has 4 nitrogen and oxygen atoms in total. The summed E-state index contributed by atoms with van der Waals surface area (Å²) in [5, 5.41) is 18.2. The number of carboxylic acids is 1. The van der Waals surface area contributed by atoms with Crippen molar-refractivity contribution in [1.29, 1.82) is 0 Å². The molecule has 0 radical (unpaired) electrons. The first-order valence-corrected chi connectivity index (χ1v) is 5.03. The SMILES string of the molecule is CCC1(C(=O)O)Cc2cc(O)c(F)c(F)c2O1. The third-order valence-corrected chi connectivity index (χ3v) is 2.95. The van der Waals surface area contributed by atoms with Crippen LogP contribution in [0.1, 0.15) is 18.9 Å². The summed E-state index contributed by atoms with van der Waals surface area (Å²) in [4.78, 5) is 11.1.